The summed E-state index contributed by atoms with van der Waals surface area (Å²) in [7, 11) is 0. The summed E-state index contributed by atoms with van der Waals surface area (Å²) in [5, 5.41) is 15.1. The molecule has 0 spiro atoms. The normalized spacial score (nSPS) is 19.0. The summed E-state index contributed by atoms with van der Waals surface area (Å²) in [5.74, 6) is 0.834. The summed E-state index contributed by atoms with van der Waals surface area (Å²) in [4.78, 5) is 7.17. The van der Waals surface area contributed by atoms with Gasteiger partial charge in [0.1, 0.15) is 12.0 Å². The van der Waals surface area contributed by atoms with E-state index in [9.17, 15) is 9.50 Å². The Balaban J connectivity index is 1.37. The number of hydrogen-bond donors (Lipinski definition) is 2. The number of hydrogen-bond acceptors (Lipinski definition) is 4. The molecule has 1 unspecified atom stereocenters. The van der Waals surface area contributed by atoms with Gasteiger partial charge in [0.25, 0.3) is 0 Å². The topological polar surface area (TPSA) is 53.3 Å². The van der Waals surface area contributed by atoms with Crippen molar-refractivity contribution in [1.29, 1.82) is 0 Å². The van der Waals surface area contributed by atoms with Crippen LogP contribution >= 0.6 is 23.2 Å². The first kappa shape index (κ1) is 22.9. The molecule has 1 atom stereocenters. The number of imidazole rings is 1. The van der Waals surface area contributed by atoms with Crippen LogP contribution < -0.4 is 10.2 Å². The van der Waals surface area contributed by atoms with Crippen molar-refractivity contribution in [3.8, 4) is 0 Å². The Morgan fingerprint density at radius 3 is 2.39 bits per heavy atom. The summed E-state index contributed by atoms with van der Waals surface area (Å²) < 4.78 is 15.6. The van der Waals surface area contributed by atoms with Gasteiger partial charge in [-0.2, -0.15) is 0 Å². The fraction of sp³-hybridized carbons (Fsp3) is 0.480. The lowest BCUT2D eigenvalue weighted by Gasteiger charge is -2.36. The third-order valence-electron chi connectivity index (χ3n) is 7.05. The molecule has 1 saturated heterocycles. The molecule has 2 heterocycles. The number of nitrogens with one attached hydrogen (secondary N) is 1. The number of aliphatic hydroxyl groups excluding tert-OH is 1. The summed E-state index contributed by atoms with van der Waals surface area (Å²) in [6.45, 7) is 2.17. The summed E-state index contributed by atoms with van der Waals surface area (Å²) in [6.07, 6.45) is 6.15. The number of anilines is 1. The molecule has 0 amide bonds. The number of aromatic nitrogens is 2. The Kier molecular flexibility index (Phi) is 6.79. The van der Waals surface area contributed by atoms with Crippen molar-refractivity contribution in [3.63, 3.8) is 0 Å². The molecule has 8 heteroatoms. The van der Waals surface area contributed by atoms with E-state index in [1.807, 2.05) is 6.07 Å². The Bertz CT molecular complexity index is 1110. The molecule has 3 aromatic rings. The highest BCUT2D eigenvalue weighted by atomic mass is 35.5. The SMILES string of the molecule is OC(NC1CCCC1)C1CCN(c2nc3cc(Cl)c(Cl)cc3n2Cc2ccc(F)cc2)CC1. The van der Waals surface area contributed by atoms with Crippen molar-refractivity contribution in [3.05, 3.63) is 57.8 Å². The zero-order valence-corrected chi connectivity index (χ0v) is 20.0. The fourth-order valence-electron chi connectivity index (χ4n) is 5.16. The van der Waals surface area contributed by atoms with Crippen LogP contribution in [-0.4, -0.2) is 40.0 Å². The molecular weight excluding hydrogens is 462 g/mol. The van der Waals surface area contributed by atoms with Crippen LogP contribution in [0.2, 0.25) is 10.0 Å². The third-order valence-corrected chi connectivity index (χ3v) is 7.78. The Morgan fingerprint density at radius 2 is 1.70 bits per heavy atom. The van der Waals surface area contributed by atoms with Crippen LogP contribution in [0.1, 0.15) is 44.1 Å². The van der Waals surface area contributed by atoms with Crippen LogP contribution in [0.3, 0.4) is 0 Å². The second kappa shape index (κ2) is 9.79. The monoisotopic (exact) mass is 490 g/mol. The van der Waals surface area contributed by atoms with Crippen molar-refractivity contribution in [2.24, 2.45) is 5.92 Å². The van der Waals surface area contributed by atoms with Gasteiger partial charge in [0.2, 0.25) is 5.95 Å². The zero-order valence-electron chi connectivity index (χ0n) is 18.5. The Hall–Kier alpha value is -1.86. The summed E-state index contributed by atoms with van der Waals surface area (Å²) >= 11 is 12.6. The molecule has 1 aliphatic carbocycles. The largest absolute Gasteiger partial charge is 0.378 e. The number of halogens is 3. The van der Waals surface area contributed by atoms with Crippen molar-refractivity contribution < 1.29 is 9.50 Å². The minimum Gasteiger partial charge on any atom is -0.378 e. The molecule has 1 saturated carbocycles. The summed E-state index contributed by atoms with van der Waals surface area (Å²) in [5.41, 5.74) is 2.66. The van der Waals surface area contributed by atoms with Crippen LogP contribution in [0.25, 0.3) is 11.0 Å². The average Bonchev–Trinajstić information content (AvgIpc) is 3.44. The lowest BCUT2D eigenvalue weighted by atomic mass is 9.94. The molecule has 2 N–H and O–H groups in total. The molecule has 0 bridgehead atoms. The fourth-order valence-corrected chi connectivity index (χ4v) is 5.48. The number of nitrogens with zero attached hydrogens (tertiary/aromatic N) is 3. The van der Waals surface area contributed by atoms with Crippen LogP contribution in [0.4, 0.5) is 10.3 Å². The van der Waals surface area contributed by atoms with Gasteiger partial charge in [0, 0.05) is 25.0 Å². The predicted molar refractivity (Wildman–Crippen MR) is 132 cm³/mol. The average molecular weight is 491 g/mol. The Morgan fingerprint density at radius 1 is 1.03 bits per heavy atom. The van der Waals surface area contributed by atoms with E-state index < -0.39 is 6.23 Å². The number of piperidine rings is 1. The van der Waals surface area contributed by atoms with Crippen LogP contribution in [-0.2, 0) is 6.54 Å². The quantitative estimate of drug-likeness (QED) is 0.441. The minimum atomic E-state index is -0.453. The number of fused-ring (bicyclic) bond motifs is 1. The van der Waals surface area contributed by atoms with Gasteiger partial charge in [0.05, 0.1) is 27.6 Å². The minimum absolute atomic E-state index is 0.237. The lowest BCUT2D eigenvalue weighted by molar-refractivity contribution is 0.0512. The second-order valence-corrected chi connectivity index (χ2v) is 10.1. The first-order valence-electron chi connectivity index (χ1n) is 11.8. The van der Waals surface area contributed by atoms with Gasteiger partial charge in [-0.25, -0.2) is 9.37 Å². The van der Waals surface area contributed by atoms with Crippen LogP contribution in [0.5, 0.6) is 0 Å². The highest BCUT2D eigenvalue weighted by molar-refractivity contribution is 6.42. The molecule has 1 aliphatic heterocycles. The molecule has 176 valence electrons. The van der Waals surface area contributed by atoms with E-state index in [1.54, 1.807) is 18.2 Å². The van der Waals surface area contributed by atoms with Crippen LogP contribution in [0.15, 0.2) is 36.4 Å². The van der Waals surface area contributed by atoms with Gasteiger partial charge in [0.15, 0.2) is 0 Å². The second-order valence-electron chi connectivity index (χ2n) is 9.30. The number of benzene rings is 2. The third kappa shape index (κ3) is 4.99. The van der Waals surface area contributed by atoms with Crippen molar-refractivity contribution >= 4 is 40.2 Å². The smallest absolute Gasteiger partial charge is 0.206 e. The molecule has 2 fully saturated rings. The maximum Gasteiger partial charge on any atom is 0.206 e. The van der Waals surface area contributed by atoms with Gasteiger partial charge in [-0.1, -0.05) is 48.2 Å². The highest BCUT2D eigenvalue weighted by Crippen LogP contribution is 2.33. The van der Waals surface area contributed by atoms with Crippen LogP contribution in [0, 0.1) is 11.7 Å². The number of aliphatic hydroxyl groups is 1. The molecule has 2 aromatic carbocycles. The maximum atomic E-state index is 13.4. The predicted octanol–water partition coefficient (Wildman–Crippen LogP) is 5.60. The van der Waals surface area contributed by atoms with E-state index in [0.717, 1.165) is 61.3 Å². The van der Waals surface area contributed by atoms with E-state index in [-0.39, 0.29) is 11.7 Å². The van der Waals surface area contributed by atoms with Gasteiger partial charge >= 0.3 is 0 Å². The lowest BCUT2D eigenvalue weighted by Crippen LogP contribution is -2.46. The number of rotatable bonds is 6. The maximum absolute atomic E-state index is 13.4. The highest BCUT2D eigenvalue weighted by Gasteiger charge is 2.30. The van der Waals surface area contributed by atoms with E-state index in [4.69, 9.17) is 28.2 Å². The molecule has 0 radical (unpaired) electrons. The van der Waals surface area contributed by atoms with Crippen molar-refractivity contribution in [2.45, 2.75) is 57.3 Å². The van der Waals surface area contributed by atoms with Crippen molar-refractivity contribution in [1.82, 2.24) is 14.9 Å². The van der Waals surface area contributed by atoms with E-state index in [2.05, 4.69) is 14.8 Å². The molecule has 5 nitrogen and oxygen atoms in total. The van der Waals surface area contributed by atoms with Gasteiger partial charge < -0.3 is 14.6 Å². The van der Waals surface area contributed by atoms with Gasteiger partial charge in [-0.15, -0.1) is 0 Å². The standard InChI is InChI=1S/C25H29Cl2FN4O/c26-20-13-22-23(14-21(20)27)32(15-16-5-7-18(28)8-6-16)25(30-22)31-11-9-17(10-12-31)24(33)29-19-3-1-2-4-19/h5-8,13-14,17,19,24,29,33H,1-4,9-12,15H2. The first-order valence-corrected chi connectivity index (χ1v) is 12.5. The van der Waals surface area contributed by atoms with E-state index in [1.165, 1.54) is 25.0 Å². The summed E-state index contributed by atoms with van der Waals surface area (Å²) in [6, 6.07) is 10.6. The Labute approximate surface area is 203 Å². The molecule has 5 rings (SSSR count). The van der Waals surface area contributed by atoms with E-state index in [0.29, 0.717) is 22.6 Å². The molecular formula is C25H29Cl2FN4O. The first-order chi connectivity index (χ1) is 16.0. The van der Waals surface area contributed by atoms with Gasteiger partial charge in [-0.05, 0) is 55.5 Å². The van der Waals surface area contributed by atoms with E-state index >= 15 is 0 Å². The van der Waals surface area contributed by atoms with Crippen molar-refractivity contribution in [2.75, 3.05) is 18.0 Å². The zero-order chi connectivity index (χ0) is 22.9. The molecule has 2 aliphatic rings. The van der Waals surface area contributed by atoms with Gasteiger partial charge in [-0.3, -0.25) is 5.32 Å². The molecule has 33 heavy (non-hydrogen) atoms. The molecule has 1 aromatic heterocycles.